The Labute approximate surface area is 76.3 Å². The Morgan fingerprint density at radius 3 is 3.31 bits per heavy atom. The molecule has 2 N–H and O–H groups in total. The van der Waals surface area contributed by atoms with Gasteiger partial charge in [-0.05, 0) is 11.6 Å². The van der Waals surface area contributed by atoms with Crippen LogP contribution in [-0.4, -0.2) is 18.0 Å². The molecular formula is C10H10N2O. The van der Waals surface area contributed by atoms with Crippen LogP contribution in [0.5, 0.6) is 0 Å². The predicted molar refractivity (Wildman–Crippen MR) is 52.5 cm³/mol. The number of hydrogen-bond acceptors (Lipinski definition) is 3. The largest absolute Gasteiger partial charge is 0.356 e. The molecule has 0 spiro atoms. The molecule has 1 unspecified atom stereocenters. The number of benzene rings is 1. The van der Waals surface area contributed by atoms with Crippen LogP contribution in [0.3, 0.4) is 0 Å². The van der Waals surface area contributed by atoms with Crippen LogP contribution in [0.25, 0.3) is 6.08 Å². The molecule has 2 heterocycles. The van der Waals surface area contributed by atoms with E-state index in [1.165, 1.54) is 5.56 Å². The van der Waals surface area contributed by atoms with E-state index in [9.17, 15) is 5.11 Å². The summed E-state index contributed by atoms with van der Waals surface area (Å²) in [6.45, 7) is 0.776. The topological polar surface area (TPSA) is 35.5 Å². The van der Waals surface area contributed by atoms with Gasteiger partial charge in [0.15, 0.2) is 0 Å². The number of nitrogens with one attached hydrogen (secondary N) is 1. The van der Waals surface area contributed by atoms with E-state index in [0.29, 0.717) is 0 Å². The molecule has 1 aromatic rings. The van der Waals surface area contributed by atoms with Crippen molar-refractivity contribution >= 4 is 17.5 Å². The number of nitrogens with zero attached hydrogens (tertiary/aromatic N) is 1. The van der Waals surface area contributed by atoms with Crippen LogP contribution in [0.4, 0.5) is 11.4 Å². The first-order valence-electron chi connectivity index (χ1n) is 4.37. The molecule has 1 atom stereocenters. The third kappa shape index (κ3) is 0.820. The molecule has 3 nitrogen and oxygen atoms in total. The molecule has 0 fully saturated rings. The third-order valence-corrected chi connectivity index (χ3v) is 2.53. The van der Waals surface area contributed by atoms with Gasteiger partial charge >= 0.3 is 0 Å². The monoisotopic (exact) mass is 174 g/mol. The van der Waals surface area contributed by atoms with Gasteiger partial charge in [0.1, 0.15) is 0 Å². The summed E-state index contributed by atoms with van der Waals surface area (Å²) in [4.78, 5) is 1.95. The normalized spacial score (nSPS) is 22.8. The Morgan fingerprint density at radius 2 is 2.38 bits per heavy atom. The fourth-order valence-electron chi connectivity index (χ4n) is 1.96. The Hall–Kier alpha value is -1.48. The van der Waals surface area contributed by atoms with E-state index in [-0.39, 0.29) is 0 Å². The van der Waals surface area contributed by atoms with Gasteiger partial charge in [-0.3, -0.25) is 0 Å². The van der Waals surface area contributed by atoms with Crippen LogP contribution in [0.1, 0.15) is 5.56 Å². The summed E-state index contributed by atoms with van der Waals surface area (Å²) >= 11 is 0. The van der Waals surface area contributed by atoms with Gasteiger partial charge in [0.2, 0.25) is 6.35 Å². The average Bonchev–Trinajstić information content (AvgIpc) is 2.47. The maximum atomic E-state index is 9.65. The van der Waals surface area contributed by atoms with E-state index in [0.717, 1.165) is 17.9 Å². The highest BCUT2D eigenvalue weighted by molar-refractivity contribution is 5.86. The van der Waals surface area contributed by atoms with E-state index in [1.807, 2.05) is 17.0 Å². The van der Waals surface area contributed by atoms with E-state index < -0.39 is 6.35 Å². The first kappa shape index (κ1) is 6.97. The van der Waals surface area contributed by atoms with Crippen molar-refractivity contribution in [1.29, 1.82) is 0 Å². The van der Waals surface area contributed by atoms with E-state index >= 15 is 0 Å². The van der Waals surface area contributed by atoms with Gasteiger partial charge < -0.3 is 15.3 Å². The van der Waals surface area contributed by atoms with Crippen molar-refractivity contribution in [3.63, 3.8) is 0 Å². The Kier molecular flexibility index (Phi) is 1.21. The van der Waals surface area contributed by atoms with E-state index in [1.54, 1.807) is 0 Å². The van der Waals surface area contributed by atoms with Gasteiger partial charge in [0, 0.05) is 6.54 Å². The highest BCUT2D eigenvalue weighted by atomic mass is 16.3. The molecule has 3 rings (SSSR count). The van der Waals surface area contributed by atoms with Crippen LogP contribution < -0.4 is 10.2 Å². The molecule has 0 bridgehead atoms. The second kappa shape index (κ2) is 2.26. The fraction of sp³-hybridized carbons (Fsp3) is 0.200. The molecule has 13 heavy (non-hydrogen) atoms. The summed E-state index contributed by atoms with van der Waals surface area (Å²) in [5.41, 5.74) is 3.32. The second-order valence-electron chi connectivity index (χ2n) is 3.32. The lowest BCUT2D eigenvalue weighted by Crippen LogP contribution is -2.36. The minimum atomic E-state index is -0.568. The molecule has 66 valence electrons. The minimum Gasteiger partial charge on any atom is -0.356 e. The maximum Gasteiger partial charge on any atom is 0.205 e. The van der Waals surface area contributed by atoms with Crippen molar-refractivity contribution in [2.75, 3.05) is 16.8 Å². The van der Waals surface area contributed by atoms with Crippen molar-refractivity contribution < 1.29 is 5.11 Å². The van der Waals surface area contributed by atoms with Gasteiger partial charge in [-0.15, -0.1) is 0 Å². The molecule has 2 aliphatic rings. The average molecular weight is 174 g/mol. The van der Waals surface area contributed by atoms with Crippen LogP contribution in [-0.2, 0) is 0 Å². The Morgan fingerprint density at radius 1 is 1.46 bits per heavy atom. The molecule has 0 radical (unpaired) electrons. The zero-order valence-corrected chi connectivity index (χ0v) is 7.07. The summed E-state index contributed by atoms with van der Waals surface area (Å²) in [5.74, 6) is 0. The first-order chi connectivity index (χ1) is 6.36. The van der Waals surface area contributed by atoms with Crippen LogP contribution >= 0.6 is 0 Å². The second-order valence-corrected chi connectivity index (χ2v) is 3.32. The molecule has 1 aromatic carbocycles. The molecule has 0 aromatic heterocycles. The fourth-order valence-corrected chi connectivity index (χ4v) is 1.96. The standard InChI is InChI=1S/C10H10N2O/c13-10-11-8-5-1-3-7-4-2-6-12(10)9(7)8/h1-5,10-11,13H,6H2. The number of aliphatic hydroxyl groups excluding tert-OH is 1. The van der Waals surface area contributed by atoms with Crippen molar-refractivity contribution in [1.82, 2.24) is 0 Å². The maximum absolute atomic E-state index is 9.65. The van der Waals surface area contributed by atoms with Gasteiger partial charge in [0.25, 0.3) is 0 Å². The van der Waals surface area contributed by atoms with E-state index in [2.05, 4.69) is 23.5 Å². The van der Waals surface area contributed by atoms with Crippen molar-refractivity contribution in [3.8, 4) is 0 Å². The minimum absolute atomic E-state index is 0.568. The van der Waals surface area contributed by atoms with Crippen molar-refractivity contribution in [2.45, 2.75) is 6.35 Å². The summed E-state index contributed by atoms with van der Waals surface area (Å²) in [6, 6.07) is 6.04. The lowest BCUT2D eigenvalue weighted by atomic mass is 10.1. The summed E-state index contributed by atoms with van der Waals surface area (Å²) in [5, 5.41) is 12.7. The number of hydrogen-bond donors (Lipinski definition) is 2. The van der Waals surface area contributed by atoms with Gasteiger partial charge in [-0.2, -0.15) is 0 Å². The van der Waals surface area contributed by atoms with Crippen molar-refractivity contribution in [2.24, 2.45) is 0 Å². The predicted octanol–water partition coefficient (Wildman–Crippen LogP) is 1.22. The zero-order valence-electron chi connectivity index (χ0n) is 7.07. The van der Waals surface area contributed by atoms with Crippen LogP contribution in [0, 0.1) is 0 Å². The van der Waals surface area contributed by atoms with Crippen LogP contribution in [0.15, 0.2) is 24.3 Å². The number of aliphatic hydroxyl groups is 1. The van der Waals surface area contributed by atoms with E-state index in [4.69, 9.17) is 0 Å². The molecule has 2 aliphatic heterocycles. The zero-order chi connectivity index (χ0) is 8.84. The first-order valence-corrected chi connectivity index (χ1v) is 4.37. The number of anilines is 2. The van der Waals surface area contributed by atoms with Crippen molar-refractivity contribution in [3.05, 3.63) is 29.8 Å². The summed E-state index contributed by atoms with van der Waals surface area (Å²) in [7, 11) is 0. The molecule has 0 amide bonds. The number of para-hydroxylation sites is 1. The molecule has 0 saturated heterocycles. The molecule has 0 saturated carbocycles. The smallest absolute Gasteiger partial charge is 0.205 e. The summed E-state index contributed by atoms with van der Waals surface area (Å²) < 4.78 is 0. The van der Waals surface area contributed by atoms with Gasteiger partial charge in [-0.25, -0.2) is 0 Å². The Balaban J connectivity index is 2.26. The molecule has 3 heteroatoms. The van der Waals surface area contributed by atoms with Crippen LogP contribution in [0.2, 0.25) is 0 Å². The van der Waals surface area contributed by atoms with Gasteiger partial charge in [0.05, 0.1) is 11.4 Å². The summed E-state index contributed by atoms with van der Waals surface area (Å²) in [6.07, 6.45) is 3.58. The molecule has 0 aliphatic carbocycles. The third-order valence-electron chi connectivity index (χ3n) is 2.53. The quantitative estimate of drug-likeness (QED) is 0.620. The molecular weight excluding hydrogens is 164 g/mol. The highest BCUT2D eigenvalue weighted by Crippen LogP contribution is 2.39. The highest BCUT2D eigenvalue weighted by Gasteiger charge is 2.29. The lowest BCUT2D eigenvalue weighted by Gasteiger charge is -2.24. The number of rotatable bonds is 0. The van der Waals surface area contributed by atoms with Gasteiger partial charge in [-0.1, -0.05) is 24.3 Å². The SMILES string of the molecule is OC1Nc2cccc3c2N1CC=C3. The lowest BCUT2D eigenvalue weighted by molar-refractivity contribution is 0.207. The Bertz CT molecular complexity index is 387.